The number of aryl methyl sites for hydroxylation is 1. The van der Waals surface area contributed by atoms with Crippen molar-refractivity contribution in [2.24, 2.45) is 5.41 Å². The number of carbonyl (C=O) groups is 2. The van der Waals surface area contributed by atoms with Crippen LogP contribution in [0.3, 0.4) is 0 Å². The number of hydrogen-bond acceptors (Lipinski definition) is 4. The van der Waals surface area contributed by atoms with Gasteiger partial charge in [-0.25, -0.2) is 0 Å². The molecule has 1 aromatic carbocycles. The second kappa shape index (κ2) is 8.57. The van der Waals surface area contributed by atoms with Gasteiger partial charge in [-0.1, -0.05) is 25.4 Å². The van der Waals surface area contributed by atoms with Gasteiger partial charge in [0.25, 0.3) is 5.91 Å². The van der Waals surface area contributed by atoms with Crippen LogP contribution >= 0.6 is 22.9 Å². The minimum atomic E-state index is -4.58. The van der Waals surface area contributed by atoms with E-state index in [1.54, 1.807) is 6.92 Å². The summed E-state index contributed by atoms with van der Waals surface area (Å²) in [6.07, 6.45) is -3.58. The van der Waals surface area contributed by atoms with Crippen molar-refractivity contribution in [3.8, 4) is 0 Å². The van der Waals surface area contributed by atoms with Crippen molar-refractivity contribution in [3.05, 3.63) is 73.2 Å². The number of thiophene rings is 1. The number of rotatable bonds is 3. The molecule has 1 unspecified atom stereocenters. The van der Waals surface area contributed by atoms with Crippen LogP contribution in [-0.2, 0) is 15.8 Å². The largest absolute Gasteiger partial charge is 0.416 e. The second-order valence-corrected chi connectivity index (χ2v) is 10.9. The summed E-state index contributed by atoms with van der Waals surface area (Å²) in [6.45, 7) is 7.71. The average molecular weight is 509 g/mol. The second-order valence-electron chi connectivity index (χ2n) is 9.54. The van der Waals surface area contributed by atoms with Gasteiger partial charge >= 0.3 is 6.18 Å². The molecule has 34 heavy (non-hydrogen) atoms. The number of hydrogen-bond donors (Lipinski definition) is 2. The molecule has 0 saturated carbocycles. The monoisotopic (exact) mass is 508 g/mol. The Morgan fingerprint density at radius 3 is 2.53 bits per heavy atom. The summed E-state index contributed by atoms with van der Waals surface area (Å²) in [5.74, 6) is -1.25. The van der Waals surface area contributed by atoms with E-state index in [4.69, 9.17) is 11.6 Å². The zero-order valence-corrected chi connectivity index (χ0v) is 20.7. The third-order valence-corrected chi connectivity index (χ3v) is 7.60. The minimum absolute atomic E-state index is 0.0115. The van der Waals surface area contributed by atoms with E-state index in [0.717, 1.165) is 34.3 Å². The van der Waals surface area contributed by atoms with E-state index in [9.17, 15) is 22.8 Å². The predicted molar refractivity (Wildman–Crippen MR) is 128 cm³/mol. The first kappa shape index (κ1) is 24.5. The number of allylic oxidation sites excluding steroid dienone is 3. The van der Waals surface area contributed by atoms with Gasteiger partial charge in [0.1, 0.15) is 0 Å². The number of anilines is 1. The Morgan fingerprint density at radius 2 is 1.91 bits per heavy atom. The number of ketones is 1. The summed E-state index contributed by atoms with van der Waals surface area (Å²) in [4.78, 5) is 27.7. The molecule has 4 rings (SSSR count). The summed E-state index contributed by atoms with van der Waals surface area (Å²) in [6, 6.07) is 4.71. The normalized spacial score (nSPS) is 20.2. The lowest BCUT2D eigenvalue weighted by atomic mass is 9.69. The molecule has 1 aliphatic carbocycles. The molecule has 0 bridgehead atoms. The van der Waals surface area contributed by atoms with Gasteiger partial charge in [0, 0.05) is 33.8 Å². The molecule has 2 aromatic rings. The van der Waals surface area contributed by atoms with Crippen LogP contribution in [0.5, 0.6) is 0 Å². The van der Waals surface area contributed by atoms with Gasteiger partial charge in [-0.15, -0.1) is 11.3 Å². The Bertz CT molecular complexity index is 1260. The lowest BCUT2D eigenvalue weighted by Crippen LogP contribution is -2.39. The highest BCUT2D eigenvalue weighted by molar-refractivity contribution is 7.10. The first-order chi connectivity index (χ1) is 15.8. The van der Waals surface area contributed by atoms with Crippen molar-refractivity contribution < 1.29 is 22.8 Å². The van der Waals surface area contributed by atoms with E-state index in [0.29, 0.717) is 29.7 Å². The molecule has 0 radical (unpaired) electrons. The molecule has 0 saturated heterocycles. The van der Waals surface area contributed by atoms with Crippen LogP contribution in [0.4, 0.5) is 18.9 Å². The van der Waals surface area contributed by atoms with Crippen LogP contribution in [0.25, 0.3) is 0 Å². The van der Waals surface area contributed by atoms with E-state index in [1.165, 1.54) is 11.3 Å². The fraction of sp³-hybridized carbons (Fsp3) is 0.360. The number of nitrogens with one attached hydrogen (secondary N) is 2. The molecule has 1 aliphatic heterocycles. The van der Waals surface area contributed by atoms with E-state index in [2.05, 4.69) is 10.6 Å². The Kier molecular flexibility index (Phi) is 6.19. The number of halogens is 4. The Labute approximate surface area is 204 Å². The van der Waals surface area contributed by atoms with Crippen LogP contribution in [0.2, 0.25) is 5.02 Å². The predicted octanol–water partition coefficient (Wildman–Crippen LogP) is 6.97. The molecule has 2 heterocycles. The van der Waals surface area contributed by atoms with E-state index >= 15 is 0 Å². The van der Waals surface area contributed by atoms with Crippen molar-refractivity contribution in [3.63, 3.8) is 0 Å². The van der Waals surface area contributed by atoms with Crippen LogP contribution < -0.4 is 10.6 Å². The summed E-state index contributed by atoms with van der Waals surface area (Å²) >= 11 is 7.57. The van der Waals surface area contributed by atoms with Crippen LogP contribution in [0.1, 0.15) is 55.5 Å². The summed E-state index contributed by atoms with van der Waals surface area (Å²) in [7, 11) is 0. The smallest absolute Gasteiger partial charge is 0.362 e. The zero-order chi connectivity index (χ0) is 25.0. The van der Waals surface area contributed by atoms with E-state index in [-0.39, 0.29) is 21.9 Å². The van der Waals surface area contributed by atoms with Crippen LogP contribution in [0.15, 0.2) is 52.2 Å². The van der Waals surface area contributed by atoms with E-state index < -0.39 is 23.6 Å². The molecule has 0 spiro atoms. The number of alkyl halides is 3. The number of Topliss-reactive ketones (excluding diaryl/α,β-unsaturated/α-hetero) is 1. The maximum Gasteiger partial charge on any atom is 0.416 e. The highest BCUT2D eigenvalue weighted by Crippen LogP contribution is 2.48. The number of amides is 1. The third kappa shape index (κ3) is 4.53. The minimum Gasteiger partial charge on any atom is -0.362 e. The molecule has 0 fully saturated rings. The number of carbonyl (C=O) groups excluding carboxylic acids is 2. The van der Waals surface area contributed by atoms with Gasteiger partial charge in [-0.2, -0.15) is 13.2 Å². The standard InChI is InChI=1S/C25H24ClF3N2O2S/c1-12-7-8-34-22(12)21-19(13(2)30-17-10-24(3,4)11-18(32)20(17)21)23(33)31-16-9-14(25(27,28)29)5-6-15(16)26/h5-9,21,30H,10-11H2,1-4H3,(H,31,33). The van der Waals surface area contributed by atoms with Crippen molar-refractivity contribution >= 4 is 40.3 Å². The van der Waals surface area contributed by atoms with Gasteiger partial charge in [0.15, 0.2) is 5.78 Å². The molecular weight excluding hydrogens is 485 g/mol. The topological polar surface area (TPSA) is 58.2 Å². The van der Waals surface area contributed by atoms with Crippen molar-refractivity contribution in [1.29, 1.82) is 0 Å². The average Bonchev–Trinajstić information content (AvgIpc) is 3.12. The summed E-state index contributed by atoms with van der Waals surface area (Å²) in [5, 5.41) is 7.70. The number of benzene rings is 1. The van der Waals surface area contributed by atoms with Crippen LogP contribution in [0, 0.1) is 12.3 Å². The molecule has 2 aliphatic rings. The fourth-order valence-electron chi connectivity index (χ4n) is 4.67. The molecule has 1 amide bonds. The third-order valence-electron chi connectivity index (χ3n) is 6.19. The highest BCUT2D eigenvalue weighted by Gasteiger charge is 2.43. The maximum absolute atomic E-state index is 13.5. The molecular formula is C25H24ClF3N2O2S. The van der Waals surface area contributed by atoms with Gasteiger partial charge in [0.2, 0.25) is 0 Å². The molecule has 4 nitrogen and oxygen atoms in total. The lowest BCUT2D eigenvalue weighted by molar-refractivity contribution is -0.137. The van der Waals surface area contributed by atoms with Crippen molar-refractivity contribution in [2.45, 2.75) is 52.6 Å². The Hall–Kier alpha value is -2.58. The first-order valence-corrected chi connectivity index (χ1v) is 12.0. The van der Waals surface area contributed by atoms with Crippen molar-refractivity contribution in [1.82, 2.24) is 5.32 Å². The molecule has 2 N–H and O–H groups in total. The SMILES string of the molecule is CC1=C(C(=O)Nc2cc(C(F)(F)F)ccc2Cl)C(c2sccc2C)C2=C(CC(C)(C)CC2=O)N1. The van der Waals surface area contributed by atoms with Gasteiger partial charge in [-0.3, -0.25) is 9.59 Å². The molecule has 1 atom stereocenters. The molecule has 180 valence electrons. The van der Waals surface area contributed by atoms with E-state index in [1.807, 2.05) is 32.2 Å². The van der Waals surface area contributed by atoms with Gasteiger partial charge in [-0.05, 0) is 60.9 Å². The molecule has 9 heteroatoms. The Morgan fingerprint density at radius 1 is 1.21 bits per heavy atom. The lowest BCUT2D eigenvalue weighted by Gasteiger charge is -2.39. The van der Waals surface area contributed by atoms with Crippen molar-refractivity contribution in [2.75, 3.05) is 5.32 Å². The van der Waals surface area contributed by atoms with Crippen LogP contribution in [-0.4, -0.2) is 11.7 Å². The molecule has 1 aromatic heterocycles. The Balaban J connectivity index is 1.79. The van der Waals surface area contributed by atoms with Gasteiger partial charge in [0.05, 0.1) is 22.2 Å². The first-order valence-electron chi connectivity index (χ1n) is 10.7. The zero-order valence-electron chi connectivity index (χ0n) is 19.1. The fourth-order valence-corrected chi connectivity index (χ4v) is 5.88. The highest BCUT2D eigenvalue weighted by atomic mass is 35.5. The summed E-state index contributed by atoms with van der Waals surface area (Å²) < 4.78 is 39.7. The maximum atomic E-state index is 13.5. The summed E-state index contributed by atoms with van der Waals surface area (Å²) in [5.41, 5.74) is 1.87. The van der Waals surface area contributed by atoms with Gasteiger partial charge < -0.3 is 10.6 Å². The number of dihydropyridines is 1. The quantitative estimate of drug-likeness (QED) is 0.470.